The molecule has 0 spiro atoms. The highest BCUT2D eigenvalue weighted by Crippen LogP contribution is 2.32. The van der Waals surface area contributed by atoms with Gasteiger partial charge in [-0.25, -0.2) is 9.78 Å². The Hall–Kier alpha value is -3.10. The van der Waals surface area contributed by atoms with E-state index in [4.69, 9.17) is 4.74 Å². The fourth-order valence-electron chi connectivity index (χ4n) is 3.50. The smallest absolute Gasteiger partial charge is 0.329 e. The van der Waals surface area contributed by atoms with Gasteiger partial charge in [-0.1, -0.05) is 0 Å². The number of carbonyl (C=O) groups excluding carboxylic acids is 1. The van der Waals surface area contributed by atoms with Gasteiger partial charge < -0.3 is 19.5 Å². The van der Waals surface area contributed by atoms with Gasteiger partial charge in [0.1, 0.15) is 17.8 Å². The molecule has 3 aromatic heterocycles. The number of ether oxygens (including phenoxy) is 1. The second-order valence-corrected chi connectivity index (χ2v) is 6.97. The Labute approximate surface area is 149 Å². The van der Waals surface area contributed by atoms with E-state index < -0.39 is 0 Å². The van der Waals surface area contributed by atoms with Gasteiger partial charge in [-0.2, -0.15) is 9.97 Å². The normalized spacial score (nSPS) is 21.8. The molecule has 0 aliphatic carbocycles. The molecule has 5 rings (SSSR count). The lowest BCUT2D eigenvalue weighted by Crippen LogP contribution is -2.41. The van der Waals surface area contributed by atoms with Gasteiger partial charge in [0.2, 0.25) is 11.9 Å². The van der Waals surface area contributed by atoms with E-state index in [0.29, 0.717) is 36.7 Å². The number of anilines is 3. The van der Waals surface area contributed by atoms with Crippen molar-refractivity contribution in [3.05, 3.63) is 30.9 Å². The molecular formula is C17H19N7O2. The van der Waals surface area contributed by atoms with Crippen molar-refractivity contribution in [3.63, 3.8) is 0 Å². The van der Waals surface area contributed by atoms with Crippen LogP contribution < -0.4 is 10.2 Å². The summed E-state index contributed by atoms with van der Waals surface area (Å²) in [7, 11) is 0. The van der Waals surface area contributed by atoms with E-state index in [1.807, 2.05) is 38.4 Å². The summed E-state index contributed by atoms with van der Waals surface area (Å²) in [6.07, 6.45) is 6.27. The zero-order chi connectivity index (χ0) is 17.8. The van der Waals surface area contributed by atoms with Crippen LogP contribution in [0.1, 0.15) is 26.3 Å². The SMILES string of the molecule is CC(C)n1cnc(Nc2nc(N3C[C@@H]4C[C@@H]3C(=O)O4)nc3cccn23)c1. The van der Waals surface area contributed by atoms with Crippen LogP contribution in [0.15, 0.2) is 30.9 Å². The van der Waals surface area contributed by atoms with E-state index in [1.54, 1.807) is 6.33 Å². The van der Waals surface area contributed by atoms with Crippen molar-refractivity contribution in [1.29, 1.82) is 0 Å². The lowest BCUT2D eigenvalue weighted by molar-refractivity contribution is -0.144. The Morgan fingerprint density at radius 2 is 2.23 bits per heavy atom. The molecule has 5 heterocycles. The first-order valence-electron chi connectivity index (χ1n) is 8.71. The van der Waals surface area contributed by atoms with Crippen LogP contribution in [-0.2, 0) is 9.53 Å². The Morgan fingerprint density at radius 1 is 1.35 bits per heavy atom. The first-order chi connectivity index (χ1) is 12.6. The van der Waals surface area contributed by atoms with Crippen molar-refractivity contribution in [2.75, 3.05) is 16.8 Å². The van der Waals surface area contributed by atoms with E-state index in [0.717, 1.165) is 5.65 Å². The van der Waals surface area contributed by atoms with Crippen molar-refractivity contribution in [1.82, 2.24) is 23.9 Å². The number of hydrogen-bond acceptors (Lipinski definition) is 7. The Bertz CT molecular complexity index is 992. The fourth-order valence-corrected chi connectivity index (χ4v) is 3.50. The average molecular weight is 353 g/mol. The molecule has 0 aromatic carbocycles. The van der Waals surface area contributed by atoms with Crippen molar-refractivity contribution < 1.29 is 9.53 Å². The molecule has 0 saturated carbocycles. The molecule has 9 nitrogen and oxygen atoms in total. The van der Waals surface area contributed by atoms with Gasteiger partial charge in [-0.3, -0.25) is 4.40 Å². The molecule has 2 aliphatic heterocycles. The highest BCUT2D eigenvalue weighted by molar-refractivity contribution is 5.83. The predicted octanol–water partition coefficient (Wildman–Crippen LogP) is 1.75. The van der Waals surface area contributed by atoms with Gasteiger partial charge in [-0.05, 0) is 26.0 Å². The minimum Gasteiger partial charge on any atom is -0.459 e. The monoisotopic (exact) mass is 353 g/mol. The zero-order valence-corrected chi connectivity index (χ0v) is 14.5. The third kappa shape index (κ3) is 2.31. The van der Waals surface area contributed by atoms with Crippen LogP contribution in [0.4, 0.5) is 17.7 Å². The Morgan fingerprint density at radius 3 is 2.96 bits per heavy atom. The number of rotatable bonds is 4. The summed E-state index contributed by atoms with van der Waals surface area (Å²) in [4.78, 5) is 27.5. The topological polar surface area (TPSA) is 89.6 Å². The number of hydrogen-bond donors (Lipinski definition) is 1. The largest absolute Gasteiger partial charge is 0.459 e. The molecule has 0 radical (unpaired) electrons. The van der Waals surface area contributed by atoms with Crippen LogP contribution in [0.3, 0.4) is 0 Å². The molecule has 2 fully saturated rings. The standard InChI is InChI=1S/C17H19N7O2/c1-10(2)22-8-13(18-9-22)19-16-21-17(20-14-4-3-5-23(14)16)24-7-11-6-12(24)15(25)26-11/h3-5,8-12H,6-7H2,1-2H3,(H,19,20,21)/t11-,12+/m0/s1. The number of aromatic nitrogens is 5. The first-order valence-corrected chi connectivity index (χ1v) is 8.71. The Kier molecular flexibility index (Phi) is 3.18. The highest BCUT2D eigenvalue weighted by Gasteiger charge is 2.47. The summed E-state index contributed by atoms with van der Waals surface area (Å²) >= 11 is 0. The van der Waals surface area contributed by atoms with Crippen LogP contribution in [-0.4, -0.2) is 48.6 Å². The summed E-state index contributed by atoms with van der Waals surface area (Å²) in [5, 5.41) is 3.26. The predicted molar refractivity (Wildman–Crippen MR) is 94.5 cm³/mol. The molecule has 2 bridgehead atoms. The maximum absolute atomic E-state index is 11.9. The van der Waals surface area contributed by atoms with Crippen LogP contribution in [0.5, 0.6) is 0 Å². The first kappa shape index (κ1) is 15.2. The summed E-state index contributed by atoms with van der Waals surface area (Å²) in [5.74, 6) is 1.66. The third-order valence-corrected chi connectivity index (χ3v) is 4.89. The van der Waals surface area contributed by atoms with Gasteiger partial charge in [0, 0.05) is 24.9 Å². The van der Waals surface area contributed by atoms with E-state index in [2.05, 4.69) is 34.1 Å². The minimum atomic E-state index is -0.287. The van der Waals surface area contributed by atoms with Gasteiger partial charge in [0.25, 0.3) is 0 Å². The molecule has 0 amide bonds. The number of nitrogens with zero attached hydrogens (tertiary/aromatic N) is 6. The fraction of sp³-hybridized carbons (Fsp3) is 0.412. The molecule has 26 heavy (non-hydrogen) atoms. The molecule has 1 N–H and O–H groups in total. The lowest BCUT2D eigenvalue weighted by Gasteiger charge is -2.26. The Balaban J connectivity index is 1.52. The van der Waals surface area contributed by atoms with E-state index in [1.165, 1.54) is 0 Å². The number of fused-ring (bicyclic) bond motifs is 3. The van der Waals surface area contributed by atoms with Crippen LogP contribution >= 0.6 is 0 Å². The molecular weight excluding hydrogens is 334 g/mol. The molecule has 2 atom stereocenters. The molecule has 9 heteroatoms. The van der Waals surface area contributed by atoms with Crippen LogP contribution in [0.2, 0.25) is 0 Å². The van der Waals surface area contributed by atoms with E-state index in [-0.39, 0.29) is 18.1 Å². The highest BCUT2D eigenvalue weighted by atomic mass is 16.6. The van der Waals surface area contributed by atoms with Gasteiger partial charge in [0.05, 0.1) is 12.9 Å². The van der Waals surface area contributed by atoms with Crippen LogP contribution in [0, 0.1) is 0 Å². The van der Waals surface area contributed by atoms with E-state index >= 15 is 0 Å². The average Bonchev–Trinajstić information content (AvgIpc) is 3.37. The van der Waals surface area contributed by atoms with Crippen molar-refractivity contribution in [3.8, 4) is 0 Å². The number of imidazole rings is 1. The molecule has 2 aliphatic rings. The summed E-state index contributed by atoms with van der Waals surface area (Å²) < 4.78 is 9.15. The summed E-state index contributed by atoms with van der Waals surface area (Å²) in [6, 6.07) is 3.87. The number of carbonyl (C=O) groups is 1. The van der Waals surface area contributed by atoms with Gasteiger partial charge in [0.15, 0.2) is 5.82 Å². The second-order valence-electron chi connectivity index (χ2n) is 6.97. The maximum atomic E-state index is 11.9. The van der Waals surface area contributed by atoms with Crippen molar-refractivity contribution in [2.24, 2.45) is 0 Å². The lowest BCUT2D eigenvalue weighted by atomic mass is 10.2. The molecule has 134 valence electrons. The zero-order valence-electron chi connectivity index (χ0n) is 14.5. The maximum Gasteiger partial charge on any atom is 0.329 e. The van der Waals surface area contributed by atoms with Crippen LogP contribution in [0.25, 0.3) is 5.65 Å². The minimum absolute atomic E-state index is 0.0581. The molecule has 3 aromatic rings. The summed E-state index contributed by atoms with van der Waals surface area (Å²) in [6.45, 7) is 4.83. The van der Waals surface area contributed by atoms with Crippen molar-refractivity contribution >= 4 is 29.3 Å². The number of morpholine rings is 1. The third-order valence-electron chi connectivity index (χ3n) is 4.89. The number of esters is 1. The summed E-state index contributed by atoms with van der Waals surface area (Å²) in [5.41, 5.74) is 0.761. The molecule has 2 saturated heterocycles. The quantitative estimate of drug-likeness (QED) is 0.715. The van der Waals surface area contributed by atoms with Gasteiger partial charge in [-0.15, -0.1) is 0 Å². The van der Waals surface area contributed by atoms with Gasteiger partial charge >= 0.3 is 5.97 Å². The number of nitrogens with one attached hydrogen (secondary N) is 1. The second kappa shape index (κ2) is 5.45. The van der Waals surface area contributed by atoms with Crippen molar-refractivity contribution in [2.45, 2.75) is 38.5 Å². The molecule has 0 unspecified atom stereocenters. The van der Waals surface area contributed by atoms with E-state index in [9.17, 15) is 4.79 Å².